The minimum absolute atomic E-state index is 0.304. The minimum Gasteiger partial charge on any atom is -0.479 e. The van der Waals surface area contributed by atoms with E-state index in [0.29, 0.717) is 16.3 Å². The van der Waals surface area contributed by atoms with E-state index in [2.05, 4.69) is 21.2 Å². The van der Waals surface area contributed by atoms with E-state index in [1.165, 1.54) is 25.1 Å². The van der Waals surface area contributed by atoms with Crippen LogP contribution in [0.4, 0.5) is 10.1 Å². The second-order valence-corrected chi connectivity index (χ2v) is 6.01. The van der Waals surface area contributed by atoms with Gasteiger partial charge in [0.05, 0.1) is 0 Å². The van der Waals surface area contributed by atoms with Gasteiger partial charge in [0.2, 0.25) is 0 Å². The van der Waals surface area contributed by atoms with Gasteiger partial charge in [0.15, 0.2) is 5.54 Å². The largest absolute Gasteiger partial charge is 0.479 e. The molecule has 2 aromatic rings. The molecule has 110 valence electrons. The lowest BCUT2D eigenvalue weighted by atomic mass is 9.91. The molecule has 0 spiro atoms. The minimum atomic E-state index is -1.48. The van der Waals surface area contributed by atoms with Crippen molar-refractivity contribution in [3.8, 4) is 0 Å². The number of benzene rings is 2. The lowest BCUT2D eigenvalue weighted by Crippen LogP contribution is -2.40. The summed E-state index contributed by atoms with van der Waals surface area (Å²) in [5.74, 6) is -1.56. The molecule has 0 saturated heterocycles. The van der Waals surface area contributed by atoms with Crippen LogP contribution in [0.25, 0.3) is 0 Å². The van der Waals surface area contributed by atoms with Gasteiger partial charge in [-0.25, -0.2) is 9.18 Å². The molecule has 0 aromatic heterocycles. The van der Waals surface area contributed by atoms with Crippen molar-refractivity contribution in [2.75, 3.05) is 5.32 Å². The Kier molecular flexibility index (Phi) is 4.54. The number of hydrogen-bond acceptors (Lipinski definition) is 2. The highest BCUT2D eigenvalue weighted by molar-refractivity contribution is 9.10. The number of halogens is 3. The van der Waals surface area contributed by atoms with E-state index < -0.39 is 17.3 Å². The van der Waals surface area contributed by atoms with Crippen LogP contribution in [0.3, 0.4) is 0 Å². The molecule has 6 heteroatoms. The van der Waals surface area contributed by atoms with Crippen LogP contribution in [0.1, 0.15) is 12.5 Å². The van der Waals surface area contributed by atoms with Gasteiger partial charge in [-0.1, -0.05) is 39.7 Å². The monoisotopic (exact) mass is 371 g/mol. The van der Waals surface area contributed by atoms with Gasteiger partial charge in [0.1, 0.15) is 5.82 Å². The number of carboxylic acid groups (broad SMARTS) is 1. The fourth-order valence-electron chi connectivity index (χ4n) is 1.99. The average Bonchev–Trinajstić information content (AvgIpc) is 2.38. The zero-order valence-electron chi connectivity index (χ0n) is 11.0. The Morgan fingerprint density at radius 2 is 2.05 bits per heavy atom. The average molecular weight is 373 g/mol. The normalized spacial score (nSPS) is 13.5. The first-order chi connectivity index (χ1) is 9.83. The van der Waals surface area contributed by atoms with Crippen LogP contribution in [-0.4, -0.2) is 11.1 Å². The van der Waals surface area contributed by atoms with Crippen LogP contribution in [-0.2, 0) is 10.3 Å². The molecule has 0 bridgehead atoms. The van der Waals surface area contributed by atoms with Crippen molar-refractivity contribution in [2.45, 2.75) is 12.5 Å². The van der Waals surface area contributed by atoms with Crippen LogP contribution in [0, 0.1) is 5.82 Å². The molecule has 0 saturated carbocycles. The fourth-order valence-corrected chi connectivity index (χ4v) is 2.85. The standard InChI is InChI=1S/C15H12BrClFNO2/c1-15(14(20)21,12-6-5-9(16)7-13(12)17)19-11-4-2-3-10(18)8-11/h2-8,19H,1H3,(H,20,21). The number of carbonyl (C=O) groups is 1. The maximum Gasteiger partial charge on any atom is 0.333 e. The van der Waals surface area contributed by atoms with Gasteiger partial charge in [-0.3, -0.25) is 0 Å². The zero-order valence-corrected chi connectivity index (χ0v) is 13.4. The molecule has 1 atom stereocenters. The summed E-state index contributed by atoms with van der Waals surface area (Å²) in [7, 11) is 0. The summed E-state index contributed by atoms with van der Waals surface area (Å²) < 4.78 is 14.0. The molecular formula is C15H12BrClFNO2. The van der Waals surface area contributed by atoms with E-state index in [0.717, 1.165) is 4.47 Å². The summed E-state index contributed by atoms with van der Waals surface area (Å²) in [6.07, 6.45) is 0. The quantitative estimate of drug-likeness (QED) is 0.821. The SMILES string of the molecule is CC(Nc1cccc(F)c1)(C(=O)O)c1ccc(Br)cc1Cl. The second-order valence-electron chi connectivity index (χ2n) is 4.69. The molecule has 3 nitrogen and oxygen atoms in total. The van der Waals surface area contributed by atoms with E-state index in [4.69, 9.17) is 11.6 Å². The first kappa shape index (κ1) is 15.8. The van der Waals surface area contributed by atoms with Crippen molar-refractivity contribution < 1.29 is 14.3 Å². The third kappa shape index (κ3) is 3.36. The molecule has 0 aliphatic heterocycles. The van der Waals surface area contributed by atoms with E-state index >= 15 is 0 Å². The number of nitrogens with one attached hydrogen (secondary N) is 1. The van der Waals surface area contributed by atoms with Gasteiger partial charge < -0.3 is 10.4 Å². The Labute approximate surface area is 134 Å². The number of hydrogen-bond donors (Lipinski definition) is 2. The van der Waals surface area contributed by atoms with Crippen LogP contribution >= 0.6 is 27.5 Å². The van der Waals surface area contributed by atoms with Gasteiger partial charge in [-0.2, -0.15) is 0 Å². The number of rotatable bonds is 4. The molecule has 1 unspecified atom stereocenters. The lowest BCUT2D eigenvalue weighted by molar-refractivity contribution is -0.142. The van der Waals surface area contributed by atoms with E-state index in [1.54, 1.807) is 24.3 Å². The molecule has 2 aromatic carbocycles. The molecule has 0 amide bonds. The van der Waals surface area contributed by atoms with Gasteiger partial charge in [0, 0.05) is 20.7 Å². The molecule has 0 aliphatic rings. The Balaban J connectivity index is 2.48. The van der Waals surface area contributed by atoms with Crippen molar-refractivity contribution in [3.63, 3.8) is 0 Å². The number of aliphatic carboxylic acids is 1. The smallest absolute Gasteiger partial charge is 0.333 e. The summed E-state index contributed by atoms with van der Waals surface area (Å²) in [4.78, 5) is 11.7. The summed E-state index contributed by atoms with van der Waals surface area (Å²) in [6.45, 7) is 1.48. The zero-order chi connectivity index (χ0) is 15.6. The molecule has 0 heterocycles. The predicted molar refractivity (Wildman–Crippen MR) is 84.2 cm³/mol. The number of anilines is 1. The molecule has 0 fully saturated rings. The highest BCUT2D eigenvalue weighted by Crippen LogP contribution is 2.33. The third-order valence-electron chi connectivity index (χ3n) is 3.12. The van der Waals surface area contributed by atoms with Gasteiger partial charge in [0.25, 0.3) is 0 Å². The Bertz CT molecular complexity index is 695. The topological polar surface area (TPSA) is 49.3 Å². The van der Waals surface area contributed by atoms with Crippen LogP contribution in [0.2, 0.25) is 5.02 Å². The molecule has 2 rings (SSSR count). The Morgan fingerprint density at radius 3 is 2.62 bits per heavy atom. The first-order valence-electron chi connectivity index (χ1n) is 6.05. The second kappa shape index (κ2) is 6.03. The fraction of sp³-hybridized carbons (Fsp3) is 0.133. The van der Waals surface area contributed by atoms with Crippen molar-refractivity contribution in [1.82, 2.24) is 0 Å². The maximum absolute atomic E-state index is 13.3. The summed E-state index contributed by atoms with van der Waals surface area (Å²) in [5.41, 5.74) is -0.728. The van der Waals surface area contributed by atoms with Crippen LogP contribution in [0.15, 0.2) is 46.9 Å². The molecule has 2 N–H and O–H groups in total. The molecule has 0 radical (unpaired) electrons. The summed E-state index contributed by atoms with van der Waals surface area (Å²) in [6, 6.07) is 10.6. The molecular weight excluding hydrogens is 361 g/mol. The lowest BCUT2D eigenvalue weighted by Gasteiger charge is -2.29. The summed E-state index contributed by atoms with van der Waals surface area (Å²) in [5, 5.41) is 12.7. The molecule has 0 aliphatic carbocycles. The van der Waals surface area contributed by atoms with Crippen molar-refractivity contribution in [3.05, 3.63) is 63.3 Å². The van der Waals surface area contributed by atoms with Crippen molar-refractivity contribution in [1.29, 1.82) is 0 Å². The van der Waals surface area contributed by atoms with E-state index in [9.17, 15) is 14.3 Å². The highest BCUT2D eigenvalue weighted by Gasteiger charge is 2.37. The first-order valence-corrected chi connectivity index (χ1v) is 7.23. The van der Waals surface area contributed by atoms with Gasteiger partial charge in [-0.05, 0) is 37.3 Å². The van der Waals surface area contributed by atoms with Crippen LogP contribution < -0.4 is 5.32 Å². The summed E-state index contributed by atoms with van der Waals surface area (Å²) >= 11 is 9.42. The van der Waals surface area contributed by atoms with Crippen molar-refractivity contribution in [2.24, 2.45) is 0 Å². The van der Waals surface area contributed by atoms with Crippen LogP contribution in [0.5, 0.6) is 0 Å². The van der Waals surface area contributed by atoms with Gasteiger partial charge >= 0.3 is 5.97 Å². The number of carboxylic acids is 1. The predicted octanol–water partition coefficient (Wildman–Crippen LogP) is 4.65. The maximum atomic E-state index is 13.3. The Morgan fingerprint density at radius 1 is 1.33 bits per heavy atom. The highest BCUT2D eigenvalue weighted by atomic mass is 79.9. The third-order valence-corrected chi connectivity index (χ3v) is 3.92. The van der Waals surface area contributed by atoms with E-state index in [-0.39, 0.29) is 0 Å². The van der Waals surface area contributed by atoms with Crippen molar-refractivity contribution >= 4 is 39.2 Å². The molecule has 21 heavy (non-hydrogen) atoms. The van der Waals surface area contributed by atoms with E-state index in [1.807, 2.05) is 0 Å². The van der Waals surface area contributed by atoms with Gasteiger partial charge in [-0.15, -0.1) is 0 Å². The Hall–Kier alpha value is -1.59.